The first-order valence-corrected chi connectivity index (χ1v) is 19.8. The average molecular weight is 952 g/mol. The van der Waals surface area contributed by atoms with Crippen LogP contribution in [0.5, 0.6) is 11.5 Å². The van der Waals surface area contributed by atoms with Crippen LogP contribution in [0, 0.1) is 25.5 Å². The minimum atomic E-state index is 0. The van der Waals surface area contributed by atoms with Gasteiger partial charge in [0.1, 0.15) is 0 Å². The fourth-order valence-corrected chi connectivity index (χ4v) is 8.28. The fraction of sp³-hybridized carbons (Fsp3) is 0. The van der Waals surface area contributed by atoms with Gasteiger partial charge >= 0.3 is 21.1 Å². The molecule has 0 saturated heterocycles. The van der Waals surface area contributed by atoms with Gasteiger partial charge in [-0.15, -0.1) is 61.1 Å². The molecular weight excluding hydrogens is 916 g/mol. The van der Waals surface area contributed by atoms with Crippen molar-refractivity contribution < 1.29 is 25.8 Å². The molecule has 6 heteroatoms. The fourth-order valence-electron chi connectivity index (χ4n) is 8.28. The van der Waals surface area contributed by atoms with Crippen molar-refractivity contribution in [2.24, 2.45) is 0 Å². The van der Waals surface area contributed by atoms with Crippen LogP contribution in [0.2, 0.25) is 0 Å². The molecule has 0 aromatic heterocycles. The van der Waals surface area contributed by atoms with E-state index in [1.807, 2.05) is 30.3 Å². The van der Waals surface area contributed by atoms with Crippen LogP contribution in [0.3, 0.4) is 0 Å². The van der Waals surface area contributed by atoms with Crippen molar-refractivity contribution in [1.82, 2.24) is 0 Å². The summed E-state index contributed by atoms with van der Waals surface area (Å²) in [5, 5.41) is 2.33. The molecule has 0 N–H and O–H groups in total. The molecule has 0 aliphatic carbocycles. The number of hydrogen-bond donors (Lipinski definition) is 0. The Morgan fingerprint density at radius 1 is 0.367 bits per heavy atom. The Morgan fingerprint density at radius 3 is 1.50 bits per heavy atom. The van der Waals surface area contributed by atoms with E-state index in [0.29, 0.717) is 11.5 Å². The predicted octanol–water partition coefficient (Wildman–Crippen LogP) is 14.4. The Kier molecular flexibility index (Phi) is 9.89. The zero-order valence-electron chi connectivity index (χ0n) is 32.3. The summed E-state index contributed by atoms with van der Waals surface area (Å²) in [5.41, 5.74) is 12.9. The summed E-state index contributed by atoms with van der Waals surface area (Å²) in [6, 6.07) is 79.0. The molecule has 0 unspecified atom stereocenters. The van der Waals surface area contributed by atoms with E-state index in [1.54, 1.807) is 0 Å². The maximum Gasteiger partial charge on any atom is 4.00 e. The molecule has 288 valence electrons. The molecule has 0 atom stereocenters. The van der Waals surface area contributed by atoms with Gasteiger partial charge in [-0.05, 0) is 46.8 Å². The second kappa shape index (κ2) is 15.9. The first kappa shape index (κ1) is 37.2. The third kappa shape index (κ3) is 6.67. The van der Waals surface area contributed by atoms with Gasteiger partial charge in [0.05, 0.1) is 0 Å². The quantitative estimate of drug-likeness (QED) is 0.141. The number of para-hydroxylation sites is 4. The van der Waals surface area contributed by atoms with Crippen molar-refractivity contribution in [3.8, 4) is 33.8 Å². The number of fused-ring (bicyclic) bond motifs is 4. The van der Waals surface area contributed by atoms with Crippen LogP contribution in [0.25, 0.3) is 33.0 Å². The molecular formula is C54H36N4OPt. The van der Waals surface area contributed by atoms with Crippen molar-refractivity contribution in [3.63, 3.8) is 0 Å². The maximum atomic E-state index is 6.58. The number of anilines is 8. The van der Waals surface area contributed by atoms with Gasteiger partial charge in [-0.3, -0.25) is 0 Å². The average Bonchev–Trinajstić information content (AvgIpc) is 3.90. The van der Waals surface area contributed by atoms with Gasteiger partial charge in [0.2, 0.25) is 0 Å². The van der Waals surface area contributed by atoms with Gasteiger partial charge < -0.3 is 24.3 Å². The third-order valence-electron chi connectivity index (χ3n) is 11.0. The van der Waals surface area contributed by atoms with Crippen LogP contribution in [-0.2, 0) is 21.1 Å². The number of nitrogens with zero attached hydrogens (tertiary/aromatic N) is 4. The Morgan fingerprint density at radius 2 is 0.867 bits per heavy atom. The summed E-state index contributed by atoms with van der Waals surface area (Å²) in [4.78, 5) is 8.94. The predicted molar refractivity (Wildman–Crippen MR) is 242 cm³/mol. The Balaban J connectivity index is 0.00000433. The van der Waals surface area contributed by atoms with Crippen molar-refractivity contribution in [1.29, 1.82) is 0 Å². The zero-order valence-corrected chi connectivity index (χ0v) is 34.6. The van der Waals surface area contributed by atoms with E-state index >= 15 is 0 Å². The summed E-state index contributed by atoms with van der Waals surface area (Å²) in [5.74, 6) is 1.19. The van der Waals surface area contributed by atoms with Gasteiger partial charge in [-0.1, -0.05) is 140 Å². The number of ether oxygens (including phenoxy) is 1. The molecule has 0 bridgehead atoms. The molecule has 9 aromatic rings. The van der Waals surface area contributed by atoms with Crippen LogP contribution in [0.4, 0.5) is 45.5 Å². The first-order chi connectivity index (χ1) is 29.3. The van der Waals surface area contributed by atoms with E-state index in [4.69, 9.17) is 4.74 Å². The molecule has 0 radical (unpaired) electrons. The van der Waals surface area contributed by atoms with Crippen LogP contribution in [0.15, 0.2) is 206 Å². The van der Waals surface area contributed by atoms with E-state index in [-0.39, 0.29) is 21.1 Å². The van der Waals surface area contributed by atoms with Gasteiger partial charge in [0.15, 0.2) is 0 Å². The van der Waals surface area contributed by atoms with Crippen molar-refractivity contribution in [2.45, 2.75) is 0 Å². The Labute approximate surface area is 365 Å². The summed E-state index contributed by atoms with van der Waals surface area (Å²) in [6.07, 6.45) is 0. The van der Waals surface area contributed by atoms with Crippen LogP contribution < -0.4 is 24.3 Å². The topological polar surface area (TPSA) is 22.2 Å². The SMILES string of the molecule is [Pt+4].[c-]1c(Oc2[c-]c(N3[CH-]N(c4c(-c5ccccc5)cccc4-c4ccccc4)c4c3ccc3ccccc43)ccc2)cccc1N1[CH-]N(c2ccccc2)c2ccccc21. The standard InChI is InChI=1S/C54H36N4O.Pt/c1-4-17-39(18-5-1)47-29-16-30-48(40-19-6-2-7-20-40)53(47)58-38-57(52-34-33-41-21-10-11-28-49(41)54(52)58)44-25-15-27-46(36-44)59-45-26-14-24-43(35-45)56-37-55(42-22-8-3-9-23-42)50-31-12-13-32-51(50)56;/h1-34,37-38H;/q-4;+4. The number of rotatable bonds is 8. The molecule has 0 spiro atoms. The van der Waals surface area contributed by atoms with Crippen molar-refractivity contribution >= 4 is 56.3 Å². The molecule has 11 rings (SSSR count). The van der Waals surface area contributed by atoms with E-state index < -0.39 is 0 Å². The van der Waals surface area contributed by atoms with Crippen LogP contribution in [0.1, 0.15) is 0 Å². The minimum Gasteiger partial charge on any atom is -0.509 e. The van der Waals surface area contributed by atoms with Gasteiger partial charge in [0.25, 0.3) is 0 Å². The summed E-state index contributed by atoms with van der Waals surface area (Å²) >= 11 is 0. The molecule has 0 fully saturated rings. The van der Waals surface area contributed by atoms with Crippen molar-refractivity contribution in [3.05, 3.63) is 232 Å². The molecule has 2 aliphatic heterocycles. The molecule has 0 amide bonds. The van der Waals surface area contributed by atoms with Gasteiger partial charge in [-0.25, -0.2) is 0 Å². The van der Waals surface area contributed by atoms with Gasteiger partial charge in [-0.2, -0.15) is 12.1 Å². The van der Waals surface area contributed by atoms with Crippen molar-refractivity contribution in [2.75, 3.05) is 19.6 Å². The Bertz CT molecular complexity index is 2900. The number of benzene rings is 9. The monoisotopic (exact) mass is 951 g/mol. The normalized spacial score (nSPS) is 12.9. The summed E-state index contributed by atoms with van der Waals surface area (Å²) < 4.78 is 6.58. The number of hydrogen-bond acceptors (Lipinski definition) is 5. The van der Waals surface area contributed by atoms with E-state index in [0.717, 1.165) is 73.1 Å². The maximum absolute atomic E-state index is 6.58. The second-order valence-corrected chi connectivity index (χ2v) is 14.5. The third-order valence-corrected chi connectivity index (χ3v) is 11.0. The summed E-state index contributed by atoms with van der Waals surface area (Å²) in [7, 11) is 0. The molecule has 2 heterocycles. The van der Waals surface area contributed by atoms with Crippen LogP contribution >= 0.6 is 0 Å². The molecule has 0 saturated carbocycles. The minimum absolute atomic E-state index is 0. The van der Waals surface area contributed by atoms with E-state index in [9.17, 15) is 0 Å². The smallest absolute Gasteiger partial charge is 0.509 e. The second-order valence-electron chi connectivity index (χ2n) is 14.5. The molecule has 2 aliphatic rings. The molecule has 5 nitrogen and oxygen atoms in total. The van der Waals surface area contributed by atoms with E-state index in [1.165, 1.54) is 5.39 Å². The van der Waals surface area contributed by atoms with Crippen LogP contribution in [-0.4, -0.2) is 0 Å². The Hall–Kier alpha value is -7.07. The largest absolute Gasteiger partial charge is 4.00 e. The molecule has 60 heavy (non-hydrogen) atoms. The summed E-state index contributed by atoms with van der Waals surface area (Å²) in [6.45, 7) is 4.31. The molecule has 9 aromatic carbocycles. The first-order valence-electron chi connectivity index (χ1n) is 19.8. The van der Waals surface area contributed by atoms with E-state index in [2.05, 4.69) is 221 Å². The zero-order chi connectivity index (χ0) is 39.1. The van der Waals surface area contributed by atoms with Gasteiger partial charge in [0, 0.05) is 62.1 Å².